The zero-order valence-electron chi connectivity index (χ0n) is 13.4. The van der Waals surface area contributed by atoms with Crippen molar-refractivity contribution in [2.24, 2.45) is 0 Å². The van der Waals surface area contributed by atoms with Gasteiger partial charge in [-0.15, -0.1) is 0 Å². The second kappa shape index (κ2) is 7.11. The molecule has 2 rings (SSSR count). The highest BCUT2D eigenvalue weighted by Gasteiger charge is 2.36. The maximum absolute atomic E-state index is 12.0. The molecular weight excluding hydrogens is 346 g/mol. The van der Waals surface area contributed by atoms with Crippen LogP contribution in [0, 0.1) is 0 Å². The largest absolute Gasteiger partial charge is 0.458 e. The summed E-state index contributed by atoms with van der Waals surface area (Å²) >= 11 is 3.51. The Kier molecular flexibility index (Phi) is 5.64. The summed E-state index contributed by atoms with van der Waals surface area (Å²) in [4.78, 5) is 12.0. The number of nitrogens with one attached hydrogen (secondary N) is 1. The molecule has 5 heteroatoms. The molecule has 1 fully saturated rings. The molecule has 0 radical (unpaired) electrons. The van der Waals surface area contributed by atoms with Gasteiger partial charge < -0.3 is 14.8 Å². The van der Waals surface area contributed by atoms with Crippen LogP contribution in [0.15, 0.2) is 28.7 Å². The van der Waals surface area contributed by atoms with Crippen LogP contribution >= 0.6 is 15.9 Å². The van der Waals surface area contributed by atoms with E-state index in [2.05, 4.69) is 27.3 Å². The Labute approximate surface area is 140 Å². The maximum Gasteiger partial charge on any atom is 0.332 e. The van der Waals surface area contributed by atoms with Crippen LogP contribution in [0.1, 0.15) is 39.2 Å². The number of benzene rings is 1. The lowest BCUT2D eigenvalue weighted by molar-refractivity contribution is -0.169. The molecular formula is C17H24BrNO3. The van der Waals surface area contributed by atoms with E-state index in [4.69, 9.17) is 9.47 Å². The number of esters is 1. The van der Waals surface area contributed by atoms with E-state index in [0.717, 1.165) is 29.4 Å². The lowest BCUT2D eigenvalue weighted by Crippen LogP contribution is -2.46. The van der Waals surface area contributed by atoms with Gasteiger partial charge in [0.2, 0.25) is 0 Å². The molecule has 122 valence electrons. The predicted molar refractivity (Wildman–Crippen MR) is 89.7 cm³/mol. The van der Waals surface area contributed by atoms with Gasteiger partial charge in [0.1, 0.15) is 17.8 Å². The van der Waals surface area contributed by atoms with Gasteiger partial charge in [-0.25, -0.2) is 4.79 Å². The van der Waals surface area contributed by atoms with E-state index >= 15 is 0 Å². The van der Waals surface area contributed by atoms with Crippen LogP contribution in [-0.4, -0.2) is 31.3 Å². The highest BCUT2D eigenvalue weighted by molar-refractivity contribution is 9.10. The summed E-state index contributed by atoms with van der Waals surface area (Å²) in [6, 6.07) is 8.09. The third-order valence-electron chi connectivity index (χ3n) is 3.58. The highest BCUT2D eigenvalue weighted by Crippen LogP contribution is 2.34. The minimum Gasteiger partial charge on any atom is -0.458 e. The van der Waals surface area contributed by atoms with Crippen LogP contribution in [-0.2, 0) is 19.9 Å². The van der Waals surface area contributed by atoms with Crippen molar-refractivity contribution in [1.82, 2.24) is 5.32 Å². The summed E-state index contributed by atoms with van der Waals surface area (Å²) in [7, 11) is 0. The van der Waals surface area contributed by atoms with Crippen molar-refractivity contribution in [2.75, 3.05) is 19.7 Å². The van der Waals surface area contributed by atoms with Crippen LogP contribution in [0.3, 0.4) is 0 Å². The fourth-order valence-electron chi connectivity index (χ4n) is 2.67. The summed E-state index contributed by atoms with van der Waals surface area (Å²) in [6.07, 6.45) is 1.90. The molecule has 22 heavy (non-hydrogen) atoms. The first-order valence-corrected chi connectivity index (χ1v) is 8.43. The molecule has 1 aliphatic heterocycles. The molecule has 1 unspecified atom stereocenters. The predicted octanol–water partition coefficient (Wildman–Crippen LogP) is 3.39. The van der Waals surface area contributed by atoms with Crippen LogP contribution < -0.4 is 5.32 Å². The molecule has 1 aliphatic rings. The summed E-state index contributed by atoms with van der Waals surface area (Å²) in [6.45, 7) is 7.22. The van der Waals surface area contributed by atoms with Gasteiger partial charge in [0.05, 0.1) is 0 Å². The highest BCUT2D eigenvalue weighted by atomic mass is 79.9. The molecule has 0 amide bonds. The van der Waals surface area contributed by atoms with Gasteiger partial charge in [-0.05, 0) is 57.9 Å². The van der Waals surface area contributed by atoms with E-state index in [1.165, 1.54) is 0 Å². The molecule has 4 nitrogen and oxygen atoms in total. The topological polar surface area (TPSA) is 47.6 Å². The van der Waals surface area contributed by atoms with Crippen molar-refractivity contribution in [3.63, 3.8) is 0 Å². The van der Waals surface area contributed by atoms with Gasteiger partial charge in [-0.2, -0.15) is 0 Å². The maximum atomic E-state index is 12.0. The number of piperidine rings is 1. The fourth-order valence-corrected chi connectivity index (χ4v) is 3.07. The Hall–Kier alpha value is -0.910. The average Bonchev–Trinajstić information content (AvgIpc) is 2.44. The number of ether oxygens (including phenoxy) is 2. The Morgan fingerprint density at radius 1 is 1.41 bits per heavy atom. The molecule has 1 N–H and O–H groups in total. The molecule has 1 aromatic carbocycles. The summed E-state index contributed by atoms with van der Waals surface area (Å²) in [5.74, 6) is -0.326. The molecule has 1 aromatic rings. The Morgan fingerprint density at radius 3 is 2.77 bits per heavy atom. The molecule has 0 saturated carbocycles. The number of hydrogen-bond acceptors (Lipinski definition) is 4. The zero-order valence-corrected chi connectivity index (χ0v) is 15.0. The van der Waals surface area contributed by atoms with Gasteiger partial charge in [-0.3, -0.25) is 0 Å². The minimum absolute atomic E-state index is 0.0362. The smallest absolute Gasteiger partial charge is 0.332 e. The molecule has 0 aromatic heterocycles. The summed E-state index contributed by atoms with van der Waals surface area (Å²) in [5.41, 5.74) is 0.116. The first kappa shape index (κ1) is 17.4. The Balaban J connectivity index is 2.11. The van der Waals surface area contributed by atoms with Crippen LogP contribution in [0.5, 0.6) is 0 Å². The summed E-state index contributed by atoms with van der Waals surface area (Å²) in [5, 5.41) is 3.37. The van der Waals surface area contributed by atoms with E-state index in [-0.39, 0.29) is 12.6 Å². The van der Waals surface area contributed by atoms with Gasteiger partial charge in [0.25, 0.3) is 0 Å². The number of halogens is 1. The van der Waals surface area contributed by atoms with E-state index in [9.17, 15) is 4.79 Å². The third-order valence-corrected chi connectivity index (χ3v) is 4.08. The first-order chi connectivity index (χ1) is 10.3. The zero-order chi connectivity index (χ0) is 16.2. The van der Waals surface area contributed by atoms with Gasteiger partial charge >= 0.3 is 5.97 Å². The van der Waals surface area contributed by atoms with Crippen LogP contribution in [0.2, 0.25) is 0 Å². The molecule has 1 atom stereocenters. The molecule has 1 heterocycles. The average molecular weight is 370 g/mol. The standard InChI is InChI=1S/C17H24BrNO3/c1-16(2,3)22-15(20)11-21-17(8-5-9-19-12-17)13-6-4-7-14(18)10-13/h4,6-7,10,19H,5,8-9,11-12H2,1-3H3. The van der Waals surface area contributed by atoms with E-state index in [1.807, 2.05) is 39.0 Å². The lowest BCUT2D eigenvalue weighted by Gasteiger charge is -2.38. The van der Waals surface area contributed by atoms with E-state index < -0.39 is 11.2 Å². The second-order valence-electron chi connectivity index (χ2n) is 6.66. The Bertz CT molecular complexity index is 519. The molecule has 1 saturated heterocycles. The van der Waals surface area contributed by atoms with Crippen molar-refractivity contribution < 1.29 is 14.3 Å². The second-order valence-corrected chi connectivity index (χ2v) is 7.58. The van der Waals surface area contributed by atoms with Crippen molar-refractivity contribution in [2.45, 2.75) is 44.8 Å². The van der Waals surface area contributed by atoms with Crippen molar-refractivity contribution in [3.05, 3.63) is 34.3 Å². The monoisotopic (exact) mass is 369 g/mol. The van der Waals surface area contributed by atoms with Crippen molar-refractivity contribution in [3.8, 4) is 0 Å². The number of carbonyl (C=O) groups is 1. The minimum atomic E-state index is -0.492. The fraction of sp³-hybridized carbons (Fsp3) is 0.588. The van der Waals surface area contributed by atoms with E-state index in [0.29, 0.717) is 6.54 Å². The van der Waals surface area contributed by atoms with Gasteiger partial charge in [0.15, 0.2) is 0 Å². The lowest BCUT2D eigenvalue weighted by atomic mass is 9.86. The van der Waals surface area contributed by atoms with Crippen molar-refractivity contribution >= 4 is 21.9 Å². The normalized spacial score (nSPS) is 22.4. The molecule has 0 bridgehead atoms. The van der Waals surface area contributed by atoms with Crippen molar-refractivity contribution in [1.29, 1.82) is 0 Å². The molecule has 0 spiro atoms. The third kappa shape index (κ3) is 4.80. The van der Waals surface area contributed by atoms with Crippen LogP contribution in [0.4, 0.5) is 0 Å². The number of carbonyl (C=O) groups excluding carboxylic acids is 1. The first-order valence-electron chi connectivity index (χ1n) is 7.63. The molecule has 0 aliphatic carbocycles. The number of rotatable bonds is 4. The van der Waals surface area contributed by atoms with Crippen LogP contribution in [0.25, 0.3) is 0 Å². The van der Waals surface area contributed by atoms with Gasteiger partial charge in [0, 0.05) is 11.0 Å². The Morgan fingerprint density at radius 2 is 2.18 bits per heavy atom. The summed E-state index contributed by atoms with van der Waals surface area (Å²) < 4.78 is 12.4. The quantitative estimate of drug-likeness (QED) is 0.826. The van der Waals surface area contributed by atoms with E-state index in [1.54, 1.807) is 0 Å². The van der Waals surface area contributed by atoms with Gasteiger partial charge in [-0.1, -0.05) is 28.1 Å². The number of hydrogen-bond donors (Lipinski definition) is 1. The SMILES string of the molecule is CC(C)(C)OC(=O)COC1(c2cccc(Br)c2)CCCNC1.